The van der Waals surface area contributed by atoms with Crippen LogP contribution in [0.1, 0.15) is 23.7 Å². The first-order chi connectivity index (χ1) is 9.22. The second-order valence-electron chi connectivity index (χ2n) is 5.22. The van der Waals surface area contributed by atoms with Crippen LogP contribution >= 0.6 is 0 Å². The lowest BCUT2D eigenvalue weighted by molar-refractivity contribution is -0.0459. The minimum Gasteiger partial charge on any atom is -0.495 e. The Morgan fingerprint density at radius 3 is 2.79 bits per heavy atom. The van der Waals surface area contributed by atoms with Crippen molar-refractivity contribution in [1.29, 1.82) is 0 Å². The van der Waals surface area contributed by atoms with Gasteiger partial charge in [-0.15, -0.1) is 0 Å². The van der Waals surface area contributed by atoms with Crippen LogP contribution in [0.25, 0.3) is 0 Å². The van der Waals surface area contributed by atoms with Crippen LogP contribution in [0.15, 0.2) is 18.5 Å². The predicted molar refractivity (Wildman–Crippen MR) is 71.3 cm³/mol. The van der Waals surface area contributed by atoms with Crippen LogP contribution < -0.4 is 4.74 Å². The molecule has 1 aromatic heterocycles. The summed E-state index contributed by atoms with van der Waals surface area (Å²) >= 11 is 0. The maximum Gasteiger partial charge on any atom is 0.256 e. The summed E-state index contributed by atoms with van der Waals surface area (Å²) in [6.45, 7) is 5.23. The van der Waals surface area contributed by atoms with Gasteiger partial charge in [0.25, 0.3) is 5.91 Å². The highest BCUT2D eigenvalue weighted by atomic mass is 16.5. The lowest BCUT2D eigenvalue weighted by atomic mass is 9.86. The molecule has 0 aromatic carbocycles. The molecule has 3 saturated heterocycles. The van der Waals surface area contributed by atoms with Crippen molar-refractivity contribution in [2.75, 3.05) is 26.7 Å². The van der Waals surface area contributed by atoms with Crippen LogP contribution in [0.3, 0.4) is 0 Å². The van der Waals surface area contributed by atoms with Gasteiger partial charge in [0.1, 0.15) is 5.75 Å². The Labute approximate surface area is 113 Å². The first kappa shape index (κ1) is 12.4. The summed E-state index contributed by atoms with van der Waals surface area (Å²) < 4.78 is 5.12. The van der Waals surface area contributed by atoms with Crippen molar-refractivity contribution in [2.24, 2.45) is 0 Å². The number of hydrogen-bond acceptors (Lipinski definition) is 4. The third kappa shape index (κ3) is 2.08. The smallest absolute Gasteiger partial charge is 0.256 e. The molecule has 0 saturated carbocycles. The molecule has 4 heterocycles. The molecule has 102 valence electrons. The van der Waals surface area contributed by atoms with Gasteiger partial charge < -0.3 is 9.64 Å². The lowest BCUT2D eigenvalue weighted by Crippen LogP contribution is -2.70. The first-order valence-corrected chi connectivity index (χ1v) is 6.77. The summed E-state index contributed by atoms with van der Waals surface area (Å²) in [4.78, 5) is 21.0. The number of piperazine rings is 1. The maximum atomic E-state index is 12.5. The third-order valence-electron chi connectivity index (χ3n) is 4.15. The molecule has 3 fully saturated rings. The van der Waals surface area contributed by atoms with Gasteiger partial charge in [-0.3, -0.25) is 14.7 Å². The molecule has 4 rings (SSSR count). The van der Waals surface area contributed by atoms with Crippen LogP contribution in [0.4, 0.5) is 0 Å². The number of fused-ring (bicyclic) bond motifs is 2. The molecule has 1 amide bonds. The molecule has 0 aliphatic carbocycles. The van der Waals surface area contributed by atoms with Gasteiger partial charge in [-0.05, 0) is 19.0 Å². The van der Waals surface area contributed by atoms with E-state index < -0.39 is 0 Å². The van der Waals surface area contributed by atoms with Crippen LogP contribution in [0.5, 0.6) is 5.75 Å². The Balaban J connectivity index is 1.75. The molecule has 3 aliphatic rings. The minimum atomic E-state index is 0.0865. The number of rotatable bonds is 3. The van der Waals surface area contributed by atoms with Crippen molar-refractivity contribution >= 4 is 5.91 Å². The third-order valence-corrected chi connectivity index (χ3v) is 4.15. The van der Waals surface area contributed by atoms with Crippen LogP contribution in [0.2, 0.25) is 0 Å². The van der Waals surface area contributed by atoms with E-state index in [-0.39, 0.29) is 5.91 Å². The number of pyridine rings is 1. The van der Waals surface area contributed by atoms with Crippen LogP contribution in [0, 0.1) is 0 Å². The number of aromatic nitrogens is 1. The van der Waals surface area contributed by atoms with E-state index in [1.807, 2.05) is 4.90 Å². The lowest BCUT2D eigenvalue weighted by Gasteiger charge is -2.56. The Morgan fingerprint density at radius 1 is 1.42 bits per heavy atom. The molecule has 2 unspecified atom stereocenters. The van der Waals surface area contributed by atoms with Crippen molar-refractivity contribution < 1.29 is 9.53 Å². The van der Waals surface area contributed by atoms with Crippen LogP contribution in [-0.4, -0.2) is 59.5 Å². The monoisotopic (exact) mass is 261 g/mol. The summed E-state index contributed by atoms with van der Waals surface area (Å²) in [5.74, 6) is 0.718. The Hall–Kier alpha value is -1.62. The van der Waals surface area contributed by atoms with Gasteiger partial charge in [-0.1, -0.05) is 6.92 Å². The molecule has 2 atom stereocenters. The highest BCUT2D eigenvalue weighted by Crippen LogP contribution is 2.33. The fraction of sp³-hybridized carbons (Fsp3) is 0.571. The van der Waals surface area contributed by atoms with E-state index >= 15 is 0 Å². The van der Waals surface area contributed by atoms with Gasteiger partial charge in [0.2, 0.25) is 0 Å². The number of nitrogens with zero attached hydrogens (tertiary/aromatic N) is 3. The number of amides is 1. The molecule has 2 bridgehead atoms. The summed E-state index contributed by atoms with van der Waals surface area (Å²) in [5.41, 5.74) is 0.624. The maximum absolute atomic E-state index is 12.5. The fourth-order valence-electron chi connectivity index (χ4n) is 3.08. The van der Waals surface area contributed by atoms with Gasteiger partial charge in [0.05, 0.1) is 18.9 Å². The molecular weight excluding hydrogens is 242 g/mol. The highest BCUT2D eigenvalue weighted by Gasteiger charge is 2.46. The Kier molecular flexibility index (Phi) is 3.14. The average molecular weight is 261 g/mol. The SMILES string of the molecule is CCN1CC2CC(C1)N2C(=O)c1cncc(OC)c1. The van der Waals surface area contributed by atoms with Crippen molar-refractivity contribution in [1.82, 2.24) is 14.8 Å². The second-order valence-corrected chi connectivity index (χ2v) is 5.22. The topological polar surface area (TPSA) is 45.7 Å². The number of carbonyl (C=O) groups is 1. The van der Waals surface area contributed by atoms with E-state index in [1.54, 1.807) is 25.6 Å². The summed E-state index contributed by atoms with van der Waals surface area (Å²) in [6.07, 6.45) is 4.38. The molecule has 0 spiro atoms. The van der Waals surface area contributed by atoms with Gasteiger partial charge in [0.15, 0.2) is 0 Å². The number of likely N-dealkylation sites (N-methyl/N-ethyl adjacent to an activating group) is 1. The normalized spacial score (nSPS) is 25.9. The quantitative estimate of drug-likeness (QED) is 0.814. The summed E-state index contributed by atoms with van der Waals surface area (Å²) in [5, 5.41) is 0. The zero-order valence-corrected chi connectivity index (χ0v) is 11.4. The first-order valence-electron chi connectivity index (χ1n) is 6.77. The largest absolute Gasteiger partial charge is 0.495 e. The van der Waals surface area contributed by atoms with Gasteiger partial charge in [-0.25, -0.2) is 0 Å². The van der Waals surface area contributed by atoms with Crippen molar-refractivity contribution in [3.05, 3.63) is 24.0 Å². The molecular formula is C14H19N3O2. The average Bonchev–Trinajstić information content (AvgIpc) is 2.47. The van der Waals surface area contributed by atoms with E-state index in [4.69, 9.17) is 4.74 Å². The van der Waals surface area contributed by atoms with E-state index in [0.29, 0.717) is 23.4 Å². The number of hydrogen-bond donors (Lipinski definition) is 0. The Morgan fingerprint density at radius 2 is 2.16 bits per heavy atom. The Bertz CT molecular complexity index is 479. The van der Waals surface area contributed by atoms with Gasteiger partial charge in [0, 0.05) is 31.4 Å². The highest BCUT2D eigenvalue weighted by molar-refractivity contribution is 5.95. The van der Waals surface area contributed by atoms with E-state index in [1.165, 1.54) is 0 Å². The summed E-state index contributed by atoms with van der Waals surface area (Å²) in [6, 6.07) is 2.51. The second kappa shape index (κ2) is 4.81. The fourth-order valence-corrected chi connectivity index (χ4v) is 3.08. The van der Waals surface area contributed by atoms with Gasteiger partial charge in [-0.2, -0.15) is 0 Å². The zero-order chi connectivity index (χ0) is 13.4. The molecule has 5 nitrogen and oxygen atoms in total. The predicted octanol–water partition coefficient (Wildman–Crippen LogP) is 1.01. The number of carbonyl (C=O) groups excluding carboxylic acids is 1. The molecule has 1 aromatic rings. The standard InChI is InChI=1S/C14H19N3O2/c1-3-16-8-11-5-12(9-16)17(11)14(18)10-4-13(19-2)7-15-6-10/h4,6-7,11-12H,3,5,8-9H2,1-2H3. The van der Waals surface area contributed by atoms with Crippen molar-refractivity contribution in [3.8, 4) is 5.75 Å². The molecule has 19 heavy (non-hydrogen) atoms. The molecule has 0 N–H and O–H groups in total. The molecule has 0 radical (unpaired) electrons. The molecule has 3 aliphatic heterocycles. The minimum absolute atomic E-state index is 0.0865. The number of piperidine rings is 1. The number of ether oxygens (including phenoxy) is 1. The van der Waals surface area contributed by atoms with Crippen LogP contribution in [-0.2, 0) is 0 Å². The summed E-state index contributed by atoms with van der Waals surface area (Å²) in [7, 11) is 1.59. The van der Waals surface area contributed by atoms with E-state index in [9.17, 15) is 4.79 Å². The van der Waals surface area contributed by atoms with E-state index in [0.717, 1.165) is 26.1 Å². The number of methoxy groups -OCH3 is 1. The van der Waals surface area contributed by atoms with Crippen molar-refractivity contribution in [2.45, 2.75) is 25.4 Å². The van der Waals surface area contributed by atoms with Crippen molar-refractivity contribution in [3.63, 3.8) is 0 Å². The molecule has 5 heteroatoms. The van der Waals surface area contributed by atoms with Gasteiger partial charge >= 0.3 is 0 Å². The van der Waals surface area contributed by atoms with E-state index in [2.05, 4.69) is 16.8 Å². The zero-order valence-electron chi connectivity index (χ0n) is 11.4.